The van der Waals surface area contributed by atoms with Gasteiger partial charge >= 0.3 is 0 Å². The number of thioether (sulfide) groups is 1. The van der Waals surface area contributed by atoms with E-state index in [1.54, 1.807) is 23.1 Å². The predicted molar refractivity (Wildman–Crippen MR) is 100 cm³/mol. The molecule has 1 fully saturated rings. The smallest absolute Gasteiger partial charge is 0.243 e. The molecule has 1 aliphatic rings. The van der Waals surface area contributed by atoms with Gasteiger partial charge in [-0.15, -0.1) is 11.8 Å². The highest BCUT2D eigenvalue weighted by atomic mass is 32.2. The van der Waals surface area contributed by atoms with E-state index < -0.39 is 6.04 Å². The summed E-state index contributed by atoms with van der Waals surface area (Å²) in [5.74, 6) is 0.836. The number of hydrogen-bond donors (Lipinski definition) is 2. The van der Waals surface area contributed by atoms with Crippen molar-refractivity contribution in [2.24, 2.45) is 5.92 Å². The summed E-state index contributed by atoms with van der Waals surface area (Å²) in [6.45, 7) is 5.69. The van der Waals surface area contributed by atoms with Crippen molar-refractivity contribution in [3.63, 3.8) is 0 Å². The van der Waals surface area contributed by atoms with Crippen LogP contribution in [0.4, 0.5) is 0 Å². The molecule has 1 aromatic heterocycles. The van der Waals surface area contributed by atoms with Crippen molar-refractivity contribution < 1.29 is 14.5 Å². The molecule has 1 aliphatic heterocycles. The van der Waals surface area contributed by atoms with Crippen LogP contribution in [0.5, 0.6) is 0 Å². The first kappa shape index (κ1) is 19.3. The lowest BCUT2D eigenvalue weighted by molar-refractivity contribution is -0.856. The number of nitrogens with one attached hydrogen (secondary N) is 2. The monoisotopic (exact) mass is 370 g/mol. The zero-order chi connectivity index (χ0) is 17.7. The van der Waals surface area contributed by atoms with Gasteiger partial charge in [0.2, 0.25) is 11.8 Å². The lowest BCUT2D eigenvalue weighted by atomic mass is 10.0. The summed E-state index contributed by atoms with van der Waals surface area (Å²) >= 11 is 3.24. The van der Waals surface area contributed by atoms with Crippen molar-refractivity contribution in [2.75, 3.05) is 32.9 Å². The molecule has 2 rings (SSSR count). The third kappa shape index (κ3) is 4.97. The van der Waals surface area contributed by atoms with E-state index in [-0.39, 0.29) is 17.2 Å². The van der Waals surface area contributed by atoms with Gasteiger partial charge < -0.3 is 15.1 Å². The predicted octanol–water partition coefficient (Wildman–Crippen LogP) is 0.998. The lowest BCUT2D eigenvalue weighted by Gasteiger charge is -2.32. The normalized spacial score (nSPS) is 19.3. The molecule has 0 aromatic carbocycles. The summed E-state index contributed by atoms with van der Waals surface area (Å²) in [5.41, 5.74) is 1.12. The number of amides is 2. The molecule has 2 heterocycles. The number of nitrogens with zero attached hydrogens (tertiary/aromatic N) is 1. The van der Waals surface area contributed by atoms with E-state index in [9.17, 15) is 9.59 Å². The maximum atomic E-state index is 12.8. The Morgan fingerprint density at radius 1 is 1.46 bits per heavy atom. The summed E-state index contributed by atoms with van der Waals surface area (Å²) < 4.78 is 0. The second-order valence-corrected chi connectivity index (χ2v) is 8.76. The first-order valence-electron chi connectivity index (χ1n) is 8.41. The van der Waals surface area contributed by atoms with Crippen LogP contribution >= 0.6 is 23.1 Å². The Hall–Kier alpha value is -1.05. The van der Waals surface area contributed by atoms with Crippen molar-refractivity contribution in [3.05, 3.63) is 22.4 Å². The molecule has 0 radical (unpaired) electrons. The fourth-order valence-corrected chi connectivity index (χ4v) is 4.77. The summed E-state index contributed by atoms with van der Waals surface area (Å²) in [4.78, 5) is 28.4. The molecular formula is C17H28N3O2S2+. The van der Waals surface area contributed by atoms with Gasteiger partial charge in [0.05, 0.1) is 32.9 Å². The number of rotatable bonds is 8. The van der Waals surface area contributed by atoms with Crippen molar-refractivity contribution in [2.45, 2.75) is 31.7 Å². The number of carbonyl (C=O) groups is 2. The van der Waals surface area contributed by atoms with Crippen LogP contribution in [0.1, 0.15) is 31.2 Å². The van der Waals surface area contributed by atoms with Crippen molar-refractivity contribution in [3.8, 4) is 0 Å². The first-order chi connectivity index (χ1) is 11.4. The number of hydrogen-bond acceptors (Lipinski definition) is 4. The van der Waals surface area contributed by atoms with Crippen molar-refractivity contribution in [1.29, 1.82) is 0 Å². The van der Waals surface area contributed by atoms with Gasteiger partial charge in [-0.25, -0.2) is 0 Å². The zero-order valence-electron chi connectivity index (χ0n) is 14.9. The maximum absolute atomic E-state index is 12.8. The molecule has 1 aromatic rings. The van der Waals surface area contributed by atoms with Crippen LogP contribution < -0.4 is 10.2 Å². The molecule has 2 atom stereocenters. The standard InChI is InChI=1S/C17H27N3O2S2/c1-12(2)9-14(16(22)18-6-7-19(3)4)20-15(21)11-24-17(20)13-5-8-23-10-13/h5,8,10,12,14,17H,6-7,9,11H2,1-4H3,(H,18,22)/p+1/t14-,17+/m1/s1. The van der Waals surface area contributed by atoms with Crippen LogP contribution in [0.3, 0.4) is 0 Å². The zero-order valence-corrected chi connectivity index (χ0v) is 16.5. The highest BCUT2D eigenvalue weighted by Gasteiger charge is 2.41. The average Bonchev–Trinajstić information content (AvgIpc) is 3.13. The minimum absolute atomic E-state index is 0.0268. The van der Waals surface area contributed by atoms with Crippen LogP contribution in [0, 0.1) is 5.92 Å². The van der Waals surface area contributed by atoms with E-state index in [2.05, 4.69) is 38.6 Å². The van der Waals surface area contributed by atoms with Gasteiger partial charge in [0.15, 0.2) is 0 Å². The summed E-state index contributed by atoms with van der Waals surface area (Å²) in [7, 11) is 4.12. The summed E-state index contributed by atoms with van der Waals surface area (Å²) in [6.07, 6.45) is 0.688. The third-order valence-electron chi connectivity index (χ3n) is 3.99. The lowest BCUT2D eigenvalue weighted by Crippen LogP contribution is -3.06. The summed E-state index contributed by atoms with van der Waals surface area (Å²) in [6, 6.07) is 1.66. The van der Waals surface area contributed by atoms with Crippen LogP contribution in [0.15, 0.2) is 16.8 Å². The fraction of sp³-hybridized carbons (Fsp3) is 0.647. The van der Waals surface area contributed by atoms with Gasteiger partial charge in [0.1, 0.15) is 11.4 Å². The molecule has 5 nitrogen and oxygen atoms in total. The Balaban J connectivity index is 2.15. The molecule has 7 heteroatoms. The van der Waals surface area contributed by atoms with Gasteiger partial charge in [-0.05, 0) is 34.7 Å². The van der Waals surface area contributed by atoms with E-state index in [1.807, 2.05) is 16.3 Å². The fourth-order valence-electron chi connectivity index (χ4n) is 2.79. The molecule has 0 spiro atoms. The third-order valence-corrected chi connectivity index (χ3v) is 5.92. The molecule has 1 saturated heterocycles. The number of thiophene rings is 1. The second kappa shape index (κ2) is 8.87. The summed E-state index contributed by atoms with van der Waals surface area (Å²) in [5, 5.41) is 7.07. The number of carbonyl (C=O) groups excluding carboxylic acids is 2. The molecule has 2 amide bonds. The van der Waals surface area contributed by atoms with E-state index >= 15 is 0 Å². The quantitative estimate of drug-likeness (QED) is 0.718. The molecule has 0 unspecified atom stereocenters. The first-order valence-corrected chi connectivity index (χ1v) is 10.4. The highest BCUT2D eigenvalue weighted by Crippen LogP contribution is 2.41. The minimum Gasteiger partial charge on any atom is -0.349 e. The van der Waals surface area contributed by atoms with E-state index in [1.165, 1.54) is 4.90 Å². The molecule has 0 aliphatic carbocycles. The van der Waals surface area contributed by atoms with Crippen LogP contribution in [-0.2, 0) is 9.59 Å². The Morgan fingerprint density at radius 3 is 2.79 bits per heavy atom. The van der Waals surface area contributed by atoms with Crippen LogP contribution in [-0.4, -0.2) is 55.7 Å². The Bertz CT molecular complexity index is 546. The largest absolute Gasteiger partial charge is 0.349 e. The highest BCUT2D eigenvalue weighted by molar-refractivity contribution is 8.00. The van der Waals surface area contributed by atoms with Crippen LogP contribution in [0.2, 0.25) is 0 Å². The number of likely N-dealkylation sites (N-methyl/N-ethyl adjacent to an activating group) is 1. The van der Waals surface area contributed by atoms with Gasteiger partial charge in [0, 0.05) is 0 Å². The number of quaternary nitrogens is 1. The Kier molecular flexibility index (Phi) is 7.13. The molecule has 24 heavy (non-hydrogen) atoms. The Morgan fingerprint density at radius 2 is 2.21 bits per heavy atom. The SMILES string of the molecule is CC(C)C[C@H](C(=O)NCC[NH+](C)C)N1C(=O)CS[C@H]1c1ccsc1. The van der Waals surface area contributed by atoms with Gasteiger partial charge in [0.25, 0.3) is 0 Å². The van der Waals surface area contributed by atoms with Gasteiger partial charge in [-0.2, -0.15) is 11.3 Å². The average molecular weight is 371 g/mol. The second-order valence-electron chi connectivity index (χ2n) is 6.91. The Labute approximate surface area is 152 Å². The van der Waals surface area contributed by atoms with E-state index in [0.29, 0.717) is 24.6 Å². The van der Waals surface area contributed by atoms with Gasteiger partial charge in [-0.3, -0.25) is 9.59 Å². The van der Waals surface area contributed by atoms with E-state index in [4.69, 9.17) is 0 Å². The maximum Gasteiger partial charge on any atom is 0.243 e. The topological polar surface area (TPSA) is 53.9 Å². The molecule has 0 bridgehead atoms. The molecular weight excluding hydrogens is 342 g/mol. The van der Waals surface area contributed by atoms with E-state index in [0.717, 1.165) is 12.1 Å². The molecule has 134 valence electrons. The minimum atomic E-state index is -0.394. The molecule has 0 saturated carbocycles. The van der Waals surface area contributed by atoms with Gasteiger partial charge in [-0.1, -0.05) is 13.8 Å². The van der Waals surface area contributed by atoms with Crippen LogP contribution in [0.25, 0.3) is 0 Å². The van der Waals surface area contributed by atoms with Crippen molar-refractivity contribution in [1.82, 2.24) is 10.2 Å². The molecule has 2 N–H and O–H groups in total. The van der Waals surface area contributed by atoms with Crippen molar-refractivity contribution >= 4 is 34.9 Å².